The van der Waals surface area contributed by atoms with Crippen LogP contribution in [0.15, 0.2) is 54.6 Å². The molecule has 3 heteroatoms. The number of rotatable bonds is 1. The number of amides is 1. The summed E-state index contributed by atoms with van der Waals surface area (Å²) >= 11 is 0. The lowest BCUT2D eigenvalue weighted by Crippen LogP contribution is -2.37. The standard InChI is InChI=1S/C21H20N2O/c1-23-16-10-6-5-9-14(16)19-20-15(11-12-17(24)22-20)18(21(19)23)13-7-3-2-4-8-13/h2-10,15,18,20H,11-12H2,1H3,(H,22,24)/t15-,18+,20-/m1/s1. The minimum Gasteiger partial charge on any atom is -0.349 e. The van der Waals surface area contributed by atoms with Crippen molar-refractivity contribution in [3.8, 4) is 0 Å². The molecule has 0 radical (unpaired) electrons. The highest BCUT2D eigenvalue weighted by molar-refractivity contribution is 5.89. The number of aromatic nitrogens is 1. The van der Waals surface area contributed by atoms with E-state index in [0.717, 1.165) is 6.42 Å². The Labute approximate surface area is 141 Å². The highest BCUT2D eigenvalue weighted by atomic mass is 16.1. The molecule has 5 rings (SSSR count). The van der Waals surface area contributed by atoms with Crippen molar-refractivity contribution in [3.05, 3.63) is 71.4 Å². The van der Waals surface area contributed by atoms with Gasteiger partial charge >= 0.3 is 0 Å². The zero-order valence-electron chi connectivity index (χ0n) is 13.7. The van der Waals surface area contributed by atoms with E-state index in [-0.39, 0.29) is 11.9 Å². The van der Waals surface area contributed by atoms with Gasteiger partial charge in [-0.25, -0.2) is 0 Å². The van der Waals surface area contributed by atoms with Crippen LogP contribution in [0.2, 0.25) is 0 Å². The molecule has 1 fully saturated rings. The molecule has 0 bridgehead atoms. The third-order valence-electron chi connectivity index (χ3n) is 5.83. The summed E-state index contributed by atoms with van der Waals surface area (Å²) < 4.78 is 2.34. The lowest BCUT2D eigenvalue weighted by molar-refractivity contribution is -0.124. The molecule has 1 aliphatic heterocycles. The minimum absolute atomic E-state index is 0.137. The van der Waals surface area contributed by atoms with E-state index < -0.39 is 0 Å². The van der Waals surface area contributed by atoms with Gasteiger partial charge in [-0.1, -0.05) is 48.5 Å². The second kappa shape index (κ2) is 4.97. The second-order valence-electron chi connectivity index (χ2n) is 7.01. The fourth-order valence-electron chi connectivity index (χ4n) is 4.88. The van der Waals surface area contributed by atoms with Gasteiger partial charge in [-0.15, -0.1) is 0 Å². The van der Waals surface area contributed by atoms with E-state index >= 15 is 0 Å². The molecule has 3 aromatic rings. The highest BCUT2D eigenvalue weighted by Crippen LogP contribution is 2.54. The molecular formula is C21H20N2O. The number of hydrogen-bond donors (Lipinski definition) is 1. The van der Waals surface area contributed by atoms with Crippen LogP contribution in [-0.2, 0) is 11.8 Å². The van der Waals surface area contributed by atoms with Gasteiger partial charge in [-0.2, -0.15) is 0 Å². The predicted octanol–water partition coefficient (Wildman–Crippen LogP) is 3.89. The predicted molar refractivity (Wildman–Crippen MR) is 94.8 cm³/mol. The summed E-state index contributed by atoms with van der Waals surface area (Å²) in [5.41, 5.74) is 5.31. The first-order valence-electron chi connectivity index (χ1n) is 8.67. The summed E-state index contributed by atoms with van der Waals surface area (Å²) in [6.07, 6.45) is 1.59. The smallest absolute Gasteiger partial charge is 0.220 e. The molecule has 3 nitrogen and oxygen atoms in total. The van der Waals surface area contributed by atoms with Crippen molar-refractivity contribution >= 4 is 16.8 Å². The maximum absolute atomic E-state index is 12.1. The summed E-state index contributed by atoms with van der Waals surface area (Å²) in [5, 5.41) is 4.57. The Bertz CT molecular complexity index is 941. The molecule has 3 atom stereocenters. The number of aryl methyl sites for hydroxylation is 1. The molecule has 1 aliphatic carbocycles. The van der Waals surface area contributed by atoms with Crippen LogP contribution in [0.1, 0.15) is 41.6 Å². The number of fused-ring (bicyclic) bond motifs is 5. The molecular weight excluding hydrogens is 296 g/mol. The SMILES string of the molecule is Cn1c2c(c3ccccc31)[C@@H]1NC(=O)CC[C@@H]1[C@@H]2c1ccccc1. The maximum atomic E-state index is 12.1. The van der Waals surface area contributed by atoms with Gasteiger partial charge < -0.3 is 9.88 Å². The topological polar surface area (TPSA) is 34.0 Å². The molecule has 0 saturated carbocycles. The van der Waals surface area contributed by atoms with E-state index in [4.69, 9.17) is 0 Å². The molecule has 24 heavy (non-hydrogen) atoms. The number of hydrogen-bond acceptors (Lipinski definition) is 1. The van der Waals surface area contributed by atoms with Crippen LogP contribution in [0.4, 0.5) is 0 Å². The maximum Gasteiger partial charge on any atom is 0.220 e. The molecule has 2 aliphatic rings. The van der Waals surface area contributed by atoms with Gasteiger partial charge in [0.25, 0.3) is 0 Å². The summed E-state index contributed by atoms with van der Waals surface area (Å²) in [4.78, 5) is 12.1. The Hall–Kier alpha value is -2.55. The molecule has 0 spiro atoms. The van der Waals surface area contributed by atoms with Gasteiger partial charge in [0, 0.05) is 41.5 Å². The van der Waals surface area contributed by atoms with Crippen molar-refractivity contribution in [3.63, 3.8) is 0 Å². The summed E-state index contributed by atoms with van der Waals surface area (Å²) in [6, 6.07) is 19.5. The number of carbonyl (C=O) groups is 1. The number of benzene rings is 2. The zero-order chi connectivity index (χ0) is 16.3. The first-order chi connectivity index (χ1) is 11.8. The average Bonchev–Trinajstić information content (AvgIpc) is 3.10. The van der Waals surface area contributed by atoms with Crippen molar-refractivity contribution in [2.45, 2.75) is 24.8 Å². The van der Waals surface area contributed by atoms with Crippen molar-refractivity contribution in [1.29, 1.82) is 0 Å². The Morgan fingerprint density at radius 2 is 1.79 bits per heavy atom. The van der Waals surface area contributed by atoms with Crippen LogP contribution >= 0.6 is 0 Å². The van der Waals surface area contributed by atoms with Crippen LogP contribution in [0, 0.1) is 5.92 Å². The third-order valence-corrected chi connectivity index (χ3v) is 5.83. The lowest BCUT2D eigenvalue weighted by Gasteiger charge is -2.31. The first kappa shape index (κ1) is 13.8. The number of nitrogens with zero attached hydrogens (tertiary/aromatic N) is 1. The van der Waals surface area contributed by atoms with E-state index in [1.165, 1.54) is 27.7 Å². The number of carbonyl (C=O) groups excluding carboxylic acids is 1. The van der Waals surface area contributed by atoms with Gasteiger partial charge in [0.15, 0.2) is 0 Å². The van der Waals surface area contributed by atoms with E-state index in [1.807, 2.05) is 0 Å². The zero-order valence-corrected chi connectivity index (χ0v) is 13.7. The van der Waals surface area contributed by atoms with Crippen LogP contribution < -0.4 is 5.32 Å². The van der Waals surface area contributed by atoms with Crippen molar-refractivity contribution in [2.75, 3.05) is 0 Å². The quantitative estimate of drug-likeness (QED) is 0.726. The number of piperidine rings is 1. The molecule has 1 aromatic heterocycles. The fraction of sp³-hybridized carbons (Fsp3) is 0.286. The number of para-hydroxylation sites is 1. The van der Waals surface area contributed by atoms with Gasteiger partial charge in [-0.05, 0) is 24.0 Å². The molecule has 2 aromatic carbocycles. The fourth-order valence-corrected chi connectivity index (χ4v) is 4.88. The Balaban J connectivity index is 1.80. The normalized spacial score (nSPS) is 25.4. The van der Waals surface area contributed by atoms with Crippen molar-refractivity contribution < 1.29 is 4.79 Å². The highest BCUT2D eigenvalue weighted by Gasteiger charge is 2.47. The van der Waals surface area contributed by atoms with Gasteiger partial charge in [0.1, 0.15) is 0 Å². The summed E-state index contributed by atoms with van der Waals surface area (Å²) in [6.45, 7) is 0. The Morgan fingerprint density at radius 3 is 2.62 bits per heavy atom. The van der Waals surface area contributed by atoms with Gasteiger partial charge in [-0.3, -0.25) is 4.79 Å². The van der Waals surface area contributed by atoms with Crippen molar-refractivity contribution in [2.24, 2.45) is 13.0 Å². The molecule has 1 N–H and O–H groups in total. The van der Waals surface area contributed by atoms with Crippen LogP contribution in [0.25, 0.3) is 10.9 Å². The molecule has 120 valence electrons. The number of nitrogens with one attached hydrogen (secondary N) is 1. The van der Waals surface area contributed by atoms with Gasteiger partial charge in [0.05, 0.1) is 6.04 Å². The van der Waals surface area contributed by atoms with E-state index in [1.54, 1.807) is 0 Å². The molecule has 1 saturated heterocycles. The lowest BCUT2D eigenvalue weighted by atomic mass is 9.81. The van der Waals surface area contributed by atoms with E-state index in [2.05, 4.69) is 71.5 Å². The average molecular weight is 316 g/mol. The molecule has 0 unspecified atom stereocenters. The minimum atomic E-state index is 0.137. The van der Waals surface area contributed by atoms with E-state index in [0.29, 0.717) is 18.3 Å². The van der Waals surface area contributed by atoms with Crippen LogP contribution in [0.5, 0.6) is 0 Å². The van der Waals surface area contributed by atoms with Crippen LogP contribution in [-0.4, -0.2) is 10.5 Å². The van der Waals surface area contributed by atoms with Gasteiger partial charge in [0.2, 0.25) is 5.91 Å². The third kappa shape index (κ3) is 1.75. The van der Waals surface area contributed by atoms with E-state index in [9.17, 15) is 4.79 Å². The summed E-state index contributed by atoms with van der Waals surface area (Å²) in [7, 11) is 2.16. The molecule has 1 amide bonds. The molecule has 2 heterocycles. The largest absolute Gasteiger partial charge is 0.349 e. The van der Waals surface area contributed by atoms with Crippen molar-refractivity contribution in [1.82, 2.24) is 9.88 Å². The second-order valence-corrected chi connectivity index (χ2v) is 7.01. The first-order valence-corrected chi connectivity index (χ1v) is 8.67. The monoisotopic (exact) mass is 316 g/mol. The Kier molecular flexibility index (Phi) is 2.87. The summed E-state index contributed by atoms with van der Waals surface area (Å²) in [5.74, 6) is 0.985. The van der Waals surface area contributed by atoms with Crippen LogP contribution in [0.3, 0.4) is 0 Å². The Morgan fingerprint density at radius 1 is 1.04 bits per heavy atom.